The first-order valence-electron chi connectivity index (χ1n) is 7.80. The standard InChI is InChI=1S/C19H21NO3/c1-13(21)20-17-6-3-14(4-7-17)9-15-10-16-5-8-18(22-2)11-19(16)23-12-15/h3-8,11,15H,9-10,12H2,1-2H3,(H,20,21)/t15-/m0/s1. The van der Waals surface area contributed by atoms with Crippen LogP contribution >= 0.6 is 0 Å². The zero-order valence-electron chi connectivity index (χ0n) is 13.5. The molecule has 2 aromatic rings. The Labute approximate surface area is 136 Å². The molecule has 0 aromatic heterocycles. The van der Waals surface area contributed by atoms with E-state index in [1.54, 1.807) is 7.11 Å². The minimum atomic E-state index is -0.0505. The molecule has 3 rings (SSSR count). The summed E-state index contributed by atoms with van der Waals surface area (Å²) in [5.74, 6) is 2.17. The van der Waals surface area contributed by atoms with Gasteiger partial charge in [0.25, 0.3) is 0 Å². The van der Waals surface area contributed by atoms with Gasteiger partial charge >= 0.3 is 0 Å². The highest BCUT2D eigenvalue weighted by atomic mass is 16.5. The van der Waals surface area contributed by atoms with Gasteiger partial charge in [-0.05, 0) is 42.2 Å². The fourth-order valence-electron chi connectivity index (χ4n) is 2.93. The predicted octanol–water partition coefficient (Wildman–Crippen LogP) is 3.45. The molecule has 0 aliphatic carbocycles. The summed E-state index contributed by atoms with van der Waals surface area (Å²) in [7, 11) is 1.66. The molecule has 1 aliphatic heterocycles. The Bertz CT molecular complexity index is 694. The molecule has 1 aliphatic rings. The summed E-state index contributed by atoms with van der Waals surface area (Å²) in [6.07, 6.45) is 1.97. The molecule has 0 fully saturated rings. The Hall–Kier alpha value is -2.49. The van der Waals surface area contributed by atoms with Crippen molar-refractivity contribution in [3.8, 4) is 11.5 Å². The lowest BCUT2D eigenvalue weighted by atomic mass is 9.91. The number of hydrogen-bond acceptors (Lipinski definition) is 3. The highest BCUT2D eigenvalue weighted by Crippen LogP contribution is 2.32. The molecule has 1 amide bonds. The summed E-state index contributed by atoms with van der Waals surface area (Å²) in [5.41, 5.74) is 3.32. The van der Waals surface area contributed by atoms with Crippen LogP contribution in [-0.4, -0.2) is 19.6 Å². The quantitative estimate of drug-likeness (QED) is 0.941. The van der Waals surface area contributed by atoms with E-state index in [0.29, 0.717) is 12.5 Å². The van der Waals surface area contributed by atoms with Crippen LogP contribution in [0.5, 0.6) is 11.5 Å². The number of methoxy groups -OCH3 is 1. The molecule has 0 unspecified atom stereocenters. The molecule has 0 spiro atoms. The average molecular weight is 311 g/mol. The summed E-state index contributed by atoms with van der Waals surface area (Å²) >= 11 is 0. The first-order valence-corrected chi connectivity index (χ1v) is 7.80. The van der Waals surface area contributed by atoms with Crippen molar-refractivity contribution in [1.82, 2.24) is 0 Å². The lowest BCUT2D eigenvalue weighted by Crippen LogP contribution is -2.22. The second-order valence-electron chi connectivity index (χ2n) is 5.94. The van der Waals surface area contributed by atoms with Gasteiger partial charge in [0.2, 0.25) is 5.91 Å². The van der Waals surface area contributed by atoms with Crippen molar-refractivity contribution in [2.45, 2.75) is 19.8 Å². The van der Waals surface area contributed by atoms with Gasteiger partial charge in [0.05, 0.1) is 13.7 Å². The van der Waals surface area contributed by atoms with Crippen LogP contribution in [0.4, 0.5) is 5.69 Å². The van der Waals surface area contributed by atoms with Gasteiger partial charge in [0.1, 0.15) is 11.5 Å². The van der Waals surface area contributed by atoms with E-state index in [2.05, 4.69) is 23.5 Å². The fraction of sp³-hybridized carbons (Fsp3) is 0.316. The normalized spacial score (nSPS) is 16.2. The van der Waals surface area contributed by atoms with E-state index >= 15 is 0 Å². The van der Waals surface area contributed by atoms with Gasteiger partial charge in [-0.1, -0.05) is 18.2 Å². The molecule has 0 saturated carbocycles. The Morgan fingerprint density at radius 1 is 1.26 bits per heavy atom. The second-order valence-corrected chi connectivity index (χ2v) is 5.94. The number of nitrogens with one attached hydrogen (secondary N) is 1. The Kier molecular flexibility index (Phi) is 4.51. The first-order chi connectivity index (χ1) is 11.1. The third kappa shape index (κ3) is 3.83. The van der Waals surface area contributed by atoms with Crippen molar-refractivity contribution in [3.63, 3.8) is 0 Å². The van der Waals surface area contributed by atoms with Crippen molar-refractivity contribution in [1.29, 1.82) is 0 Å². The van der Waals surface area contributed by atoms with Gasteiger partial charge in [-0.15, -0.1) is 0 Å². The summed E-state index contributed by atoms with van der Waals surface area (Å²) in [5, 5.41) is 2.78. The van der Waals surface area contributed by atoms with Gasteiger partial charge in [-0.2, -0.15) is 0 Å². The van der Waals surface area contributed by atoms with Gasteiger partial charge in [0, 0.05) is 24.6 Å². The number of rotatable bonds is 4. The third-order valence-electron chi connectivity index (χ3n) is 4.06. The summed E-state index contributed by atoms with van der Waals surface area (Å²) in [6.45, 7) is 2.23. The molecule has 2 aromatic carbocycles. The molecule has 1 atom stereocenters. The Morgan fingerprint density at radius 3 is 2.74 bits per heavy atom. The summed E-state index contributed by atoms with van der Waals surface area (Å²) < 4.78 is 11.1. The highest BCUT2D eigenvalue weighted by molar-refractivity contribution is 5.88. The van der Waals surface area contributed by atoms with E-state index < -0.39 is 0 Å². The average Bonchev–Trinajstić information content (AvgIpc) is 2.55. The van der Waals surface area contributed by atoms with E-state index in [4.69, 9.17) is 9.47 Å². The van der Waals surface area contributed by atoms with Crippen molar-refractivity contribution in [3.05, 3.63) is 53.6 Å². The van der Waals surface area contributed by atoms with Crippen molar-refractivity contribution >= 4 is 11.6 Å². The van der Waals surface area contributed by atoms with Crippen LogP contribution in [0, 0.1) is 5.92 Å². The maximum absolute atomic E-state index is 11.0. The monoisotopic (exact) mass is 311 g/mol. The van der Waals surface area contributed by atoms with E-state index in [1.165, 1.54) is 18.1 Å². The minimum absolute atomic E-state index is 0.0505. The highest BCUT2D eigenvalue weighted by Gasteiger charge is 2.20. The van der Waals surface area contributed by atoms with Crippen LogP contribution in [0.3, 0.4) is 0 Å². The van der Waals surface area contributed by atoms with E-state index in [9.17, 15) is 4.79 Å². The molecule has 0 bridgehead atoms. The number of carbonyl (C=O) groups excluding carboxylic acids is 1. The molecule has 0 radical (unpaired) electrons. The zero-order valence-corrected chi connectivity index (χ0v) is 13.5. The van der Waals surface area contributed by atoms with Crippen LogP contribution in [0.1, 0.15) is 18.1 Å². The predicted molar refractivity (Wildman–Crippen MR) is 90.1 cm³/mol. The van der Waals surface area contributed by atoms with Crippen LogP contribution in [0.2, 0.25) is 0 Å². The van der Waals surface area contributed by atoms with Gasteiger partial charge in [-0.25, -0.2) is 0 Å². The number of anilines is 1. The Balaban J connectivity index is 1.64. The van der Waals surface area contributed by atoms with E-state index in [0.717, 1.165) is 30.0 Å². The largest absolute Gasteiger partial charge is 0.497 e. The van der Waals surface area contributed by atoms with E-state index in [-0.39, 0.29) is 5.91 Å². The molecule has 4 nitrogen and oxygen atoms in total. The number of hydrogen-bond donors (Lipinski definition) is 1. The van der Waals surface area contributed by atoms with Crippen molar-refractivity contribution < 1.29 is 14.3 Å². The number of ether oxygens (including phenoxy) is 2. The number of amides is 1. The summed E-state index contributed by atoms with van der Waals surface area (Å²) in [4.78, 5) is 11.0. The van der Waals surface area contributed by atoms with E-state index in [1.807, 2.05) is 24.3 Å². The van der Waals surface area contributed by atoms with Crippen LogP contribution < -0.4 is 14.8 Å². The number of fused-ring (bicyclic) bond motifs is 1. The number of carbonyl (C=O) groups is 1. The second kappa shape index (κ2) is 6.73. The van der Waals surface area contributed by atoms with Gasteiger partial charge in [0.15, 0.2) is 0 Å². The number of benzene rings is 2. The van der Waals surface area contributed by atoms with Gasteiger partial charge in [-0.3, -0.25) is 4.79 Å². The molecule has 120 valence electrons. The molecule has 23 heavy (non-hydrogen) atoms. The SMILES string of the molecule is COc1ccc2c(c1)OC[C@@H](Cc1ccc(NC(C)=O)cc1)C2. The molecule has 0 saturated heterocycles. The summed E-state index contributed by atoms with van der Waals surface area (Å²) in [6, 6.07) is 14.0. The van der Waals surface area contributed by atoms with Crippen LogP contribution in [0.15, 0.2) is 42.5 Å². The molecule has 4 heteroatoms. The smallest absolute Gasteiger partial charge is 0.221 e. The lowest BCUT2D eigenvalue weighted by molar-refractivity contribution is -0.114. The fourth-order valence-corrected chi connectivity index (χ4v) is 2.93. The van der Waals surface area contributed by atoms with Crippen molar-refractivity contribution in [2.75, 3.05) is 19.0 Å². The maximum Gasteiger partial charge on any atom is 0.221 e. The van der Waals surface area contributed by atoms with Crippen LogP contribution in [0.25, 0.3) is 0 Å². The molecular formula is C19H21NO3. The topological polar surface area (TPSA) is 47.6 Å². The molecule has 1 N–H and O–H groups in total. The maximum atomic E-state index is 11.0. The lowest BCUT2D eigenvalue weighted by Gasteiger charge is -2.25. The minimum Gasteiger partial charge on any atom is -0.497 e. The Morgan fingerprint density at radius 2 is 2.04 bits per heavy atom. The zero-order chi connectivity index (χ0) is 16.2. The molecular weight excluding hydrogens is 290 g/mol. The third-order valence-corrected chi connectivity index (χ3v) is 4.06. The van der Waals surface area contributed by atoms with Crippen molar-refractivity contribution in [2.24, 2.45) is 5.92 Å². The van der Waals surface area contributed by atoms with Crippen LogP contribution in [-0.2, 0) is 17.6 Å². The molecule has 1 heterocycles. The first kappa shape index (κ1) is 15.4. The van der Waals surface area contributed by atoms with Gasteiger partial charge < -0.3 is 14.8 Å².